The zero-order chi connectivity index (χ0) is 18.1. The first kappa shape index (κ1) is 18.4. The topological polar surface area (TPSA) is 69.5 Å². The molecule has 0 amide bonds. The molecule has 132 valence electrons. The van der Waals surface area contributed by atoms with Gasteiger partial charge in [0.1, 0.15) is 25.6 Å². The number of fused-ring (bicyclic) bond motifs is 1. The molecule has 0 aliphatic heterocycles. The number of carbonyl (C=O) groups excluding carboxylic acids is 1. The summed E-state index contributed by atoms with van der Waals surface area (Å²) >= 11 is 0. The molecule has 0 fully saturated rings. The first-order valence-corrected chi connectivity index (χ1v) is 7.97. The van der Waals surface area contributed by atoms with Crippen molar-refractivity contribution in [1.29, 1.82) is 0 Å². The molecule has 0 bridgehead atoms. The molecule has 0 unspecified atom stereocenters. The molecule has 0 radical (unpaired) electrons. The maximum Gasteiger partial charge on any atom is 0.305 e. The molecule has 0 N–H and O–H groups in total. The molecule has 2 aromatic rings. The largest absolute Gasteiger partial charge is 0.469 e. The number of hydrogen-bond acceptors (Lipinski definition) is 6. The van der Waals surface area contributed by atoms with Crippen LogP contribution in [0.1, 0.15) is 24.8 Å². The molecular formula is C19H22N2O4. The van der Waals surface area contributed by atoms with Crippen LogP contribution in [0.4, 0.5) is 0 Å². The Labute approximate surface area is 147 Å². The van der Waals surface area contributed by atoms with Gasteiger partial charge in [-0.25, -0.2) is 0 Å². The number of oxime groups is 2. The molecule has 0 aliphatic rings. The molecule has 0 aliphatic carbocycles. The van der Waals surface area contributed by atoms with Crippen molar-refractivity contribution in [1.82, 2.24) is 0 Å². The Morgan fingerprint density at radius 2 is 1.64 bits per heavy atom. The third kappa shape index (κ3) is 5.04. The van der Waals surface area contributed by atoms with Gasteiger partial charge in [-0.05, 0) is 29.7 Å². The Morgan fingerprint density at radius 3 is 2.32 bits per heavy atom. The summed E-state index contributed by atoms with van der Waals surface area (Å²) in [6, 6.07) is 14.1. The van der Waals surface area contributed by atoms with Crippen molar-refractivity contribution in [3.8, 4) is 0 Å². The maximum atomic E-state index is 11.3. The predicted molar refractivity (Wildman–Crippen MR) is 97.8 cm³/mol. The van der Waals surface area contributed by atoms with E-state index in [2.05, 4.69) is 15.0 Å². The minimum atomic E-state index is -0.257. The highest BCUT2D eigenvalue weighted by atomic mass is 16.6. The van der Waals surface area contributed by atoms with E-state index in [-0.39, 0.29) is 5.97 Å². The van der Waals surface area contributed by atoms with Crippen molar-refractivity contribution in [2.75, 3.05) is 21.3 Å². The average Bonchev–Trinajstić information content (AvgIpc) is 2.65. The van der Waals surface area contributed by atoms with E-state index < -0.39 is 0 Å². The summed E-state index contributed by atoms with van der Waals surface area (Å²) in [7, 11) is 4.34. The summed E-state index contributed by atoms with van der Waals surface area (Å²) in [5.74, 6) is -0.257. The summed E-state index contributed by atoms with van der Waals surface area (Å²) in [6.45, 7) is 0. The number of hydrogen-bond donors (Lipinski definition) is 0. The van der Waals surface area contributed by atoms with Gasteiger partial charge in [0.05, 0.1) is 7.11 Å². The van der Waals surface area contributed by atoms with E-state index >= 15 is 0 Å². The first-order valence-electron chi connectivity index (χ1n) is 7.97. The van der Waals surface area contributed by atoms with Crippen LogP contribution in [0.2, 0.25) is 0 Å². The Balaban J connectivity index is 2.30. The quantitative estimate of drug-likeness (QED) is 0.418. The highest BCUT2D eigenvalue weighted by Gasteiger charge is 2.15. The number of esters is 1. The zero-order valence-corrected chi connectivity index (χ0v) is 14.7. The molecule has 0 aromatic heterocycles. The molecular weight excluding hydrogens is 320 g/mol. The van der Waals surface area contributed by atoms with Gasteiger partial charge in [-0.15, -0.1) is 0 Å². The van der Waals surface area contributed by atoms with Gasteiger partial charge in [0.25, 0.3) is 0 Å². The van der Waals surface area contributed by atoms with Crippen LogP contribution in [-0.2, 0) is 19.2 Å². The number of nitrogens with zero attached hydrogens (tertiary/aromatic N) is 2. The monoisotopic (exact) mass is 342 g/mol. The van der Waals surface area contributed by atoms with Crippen LogP contribution in [0.5, 0.6) is 0 Å². The molecule has 2 rings (SSSR count). The molecule has 25 heavy (non-hydrogen) atoms. The highest BCUT2D eigenvalue weighted by molar-refractivity contribution is 6.48. The third-order valence-corrected chi connectivity index (χ3v) is 3.70. The van der Waals surface area contributed by atoms with E-state index in [1.807, 2.05) is 42.5 Å². The number of rotatable bonds is 8. The lowest BCUT2D eigenvalue weighted by atomic mass is 9.99. The fourth-order valence-corrected chi connectivity index (χ4v) is 2.52. The molecule has 0 spiro atoms. The molecule has 6 heteroatoms. The van der Waals surface area contributed by atoms with Crippen LogP contribution in [0.3, 0.4) is 0 Å². The molecule has 2 aromatic carbocycles. The second kappa shape index (κ2) is 9.42. The van der Waals surface area contributed by atoms with Crippen LogP contribution in [0.15, 0.2) is 52.8 Å². The Morgan fingerprint density at radius 1 is 0.920 bits per heavy atom. The molecule has 0 saturated carbocycles. The number of carbonyl (C=O) groups is 1. The van der Waals surface area contributed by atoms with Crippen LogP contribution in [0, 0.1) is 0 Å². The zero-order valence-electron chi connectivity index (χ0n) is 14.7. The second-order valence-corrected chi connectivity index (χ2v) is 5.33. The van der Waals surface area contributed by atoms with E-state index in [9.17, 15) is 4.79 Å². The summed E-state index contributed by atoms with van der Waals surface area (Å²) < 4.78 is 4.67. The van der Waals surface area contributed by atoms with Crippen molar-refractivity contribution in [2.45, 2.75) is 19.3 Å². The summed E-state index contributed by atoms with van der Waals surface area (Å²) in [4.78, 5) is 21.3. The van der Waals surface area contributed by atoms with E-state index in [4.69, 9.17) is 9.68 Å². The minimum Gasteiger partial charge on any atom is -0.469 e. The van der Waals surface area contributed by atoms with E-state index in [1.54, 1.807) is 0 Å². The number of methoxy groups -OCH3 is 1. The fraction of sp³-hybridized carbons (Fsp3) is 0.316. The smallest absolute Gasteiger partial charge is 0.305 e. The Kier molecular flexibility index (Phi) is 6.95. The van der Waals surface area contributed by atoms with Crippen molar-refractivity contribution in [2.24, 2.45) is 10.3 Å². The van der Waals surface area contributed by atoms with Gasteiger partial charge in [-0.3, -0.25) is 4.79 Å². The second-order valence-electron chi connectivity index (χ2n) is 5.33. The lowest BCUT2D eigenvalue weighted by Gasteiger charge is -2.10. The van der Waals surface area contributed by atoms with Gasteiger partial charge in [0.2, 0.25) is 0 Å². The third-order valence-electron chi connectivity index (χ3n) is 3.70. The molecule has 6 nitrogen and oxygen atoms in total. The fourth-order valence-electron chi connectivity index (χ4n) is 2.52. The SMILES string of the molecule is CON=C(CCCC(=O)OC)C(=NOC)c1ccc2ccccc2c1. The normalized spacial score (nSPS) is 12.1. The van der Waals surface area contributed by atoms with Crippen LogP contribution < -0.4 is 0 Å². The standard InChI is InChI=1S/C19H22N2O4/c1-23-18(22)10-6-9-17(20-24-2)19(21-25-3)16-12-11-14-7-4-5-8-15(14)13-16/h4-5,7-8,11-13H,6,9-10H2,1-3H3. The predicted octanol–water partition coefficient (Wildman–Crippen LogP) is 3.54. The number of ether oxygens (including phenoxy) is 1. The van der Waals surface area contributed by atoms with Gasteiger partial charge < -0.3 is 14.4 Å². The van der Waals surface area contributed by atoms with Crippen molar-refractivity contribution >= 4 is 28.2 Å². The molecule has 0 atom stereocenters. The lowest BCUT2D eigenvalue weighted by molar-refractivity contribution is -0.140. The Hall–Kier alpha value is -2.89. The molecule has 0 saturated heterocycles. The first-order chi connectivity index (χ1) is 12.2. The summed E-state index contributed by atoms with van der Waals surface area (Å²) in [6.07, 6.45) is 1.39. The lowest BCUT2D eigenvalue weighted by Crippen LogP contribution is -2.17. The molecule has 0 heterocycles. The summed E-state index contributed by atoms with van der Waals surface area (Å²) in [5, 5.41) is 10.4. The van der Waals surface area contributed by atoms with Crippen LogP contribution in [0.25, 0.3) is 10.8 Å². The van der Waals surface area contributed by atoms with E-state index in [0.29, 0.717) is 30.7 Å². The maximum absolute atomic E-state index is 11.3. The highest BCUT2D eigenvalue weighted by Crippen LogP contribution is 2.18. The Bertz CT molecular complexity index is 784. The minimum absolute atomic E-state index is 0.257. The van der Waals surface area contributed by atoms with Crippen LogP contribution >= 0.6 is 0 Å². The van der Waals surface area contributed by atoms with Gasteiger partial charge in [0, 0.05) is 12.0 Å². The van der Waals surface area contributed by atoms with E-state index in [1.165, 1.54) is 21.3 Å². The van der Waals surface area contributed by atoms with Gasteiger partial charge >= 0.3 is 5.97 Å². The van der Waals surface area contributed by atoms with Gasteiger partial charge in [-0.2, -0.15) is 0 Å². The van der Waals surface area contributed by atoms with Crippen molar-refractivity contribution < 1.29 is 19.2 Å². The van der Waals surface area contributed by atoms with E-state index in [0.717, 1.165) is 16.3 Å². The van der Waals surface area contributed by atoms with Gasteiger partial charge in [-0.1, -0.05) is 46.7 Å². The average molecular weight is 342 g/mol. The van der Waals surface area contributed by atoms with Crippen molar-refractivity contribution in [3.63, 3.8) is 0 Å². The number of benzene rings is 2. The van der Waals surface area contributed by atoms with Gasteiger partial charge in [0.15, 0.2) is 0 Å². The summed E-state index contributed by atoms with van der Waals surface area (Å²) in [5.41, 5.74) is 2.07. The van der Waals surface area contributed by atoms with Crippen molar-refractivity contribution in [3.05, 3.63) is 48.0 Å². The van der Waals surface area contributed by atoms with Crippen LogP contribution in [-0.4, -0.2) is 38.7 Å².